The number of carboxylic acid groups (broad SMARTS) is 3. The molecule has 0 saturated heterocycles. The molecule has 0 saturated carbocycles. The SMILES string of the molecule is C[N+](C)(C)C(C(=O)[O-])C(=O)O.C[N+](C)(C)C(C(=O)[O-])S(=O)(=O)O. The number of hydrogen-bond acceptors (Lipinski definition) is 7. The minimum absolute atomic E-state index is 0.183. The van der Waals surface area contributed by atoms with E-state index in [0.717, 1.165) is 0 Å². The van der Waals surface area contributed by atoms with E-state index in [-0.39, 0.29) is 4.48 Å². The van der Waals surface area contributed by atoms with E-state index in [0.29, 0.717) is 0 Å². The minimum Gasteiger partial charge on any atom is -0.543 e. The van der Waals surface area contributed by atoms with Crippen LogP contribution in [-0.4, -0.2) is 98.7 Å². The first-order valence-corrected chi connectivity index (χ1v) is 7.56. The summed E-state index contributed by atoms with van der Waals surface area (Å²) >= 11 is 0. The van der Waals surface area contributed by atoms with Crippen molar-refractivity contribution in [2.45, 2.75) is 11.4 Å². The Hall–Kier alpha value is -1.76. The Morgan fingerprint density at radius 1 is 0.870 bits per heavy atom. The van der Waals surface area contributed by atoms with E-state index in [9.17, 15) is 33.0 Å². The zero-order chi connectivity index (χ0) is 19.4. The number of aliphatic carboxylic acids is 3. The van der Waals surface area contributed by atoms with Crippen LogP contribution in [0.5, 0.6) is 0 Å². The highest BCUT2D eigenvalue weighted by molar-refractivity contribution is 7.87. The van der Waals surface area contributed by atoms with Gasteiger partial charge in [0.1, 0.15) is 11.9 Å². The van der Waals surface area contributed by atoms with Gasteiger partial charge in [-0.3, -0.25) is 4.55 Å². The minimum atomic E-state index is -4.61. The summed E-state index contributed by atoms with van der Waals surface area (Å²) in [6, 6.07) is -1.50. The Labute approximate surface area is 134 Å². The lowest BCUT2D eigenvalue weighted by Gasteiger charge is -2.31. The molecule has 0 aromatic rings. The molecule has 0 fully saturated rings. The molecule has 0 aromatic heterocycles. The van der Waals surface area contributed by atoms with Crippen LogP contribution in [0.15, 0.2) is 0 Å². The van der Waals surface area contributed by atoms with E-state index < -0.39 is 43.9 Å². The van der Waals surface area contributed by atoms with Gasteiger partial charge < -0.3 is 33.9 Å². The van der Waals surface area contributed by atoms with Crippen molar-refractivity contribution in [2.24, 2.45) is 0 Å². The highest BCUT2D eigenvalue weighted by Gasteiger charge is 2.37. The molecule has 0 aliphatic rings. The first-order chi connectivity index (χ1) is 9.83. The Morgan fingerprint density at radius 3 is 1.22 bits per heavy atom. The van der Waals surface area contributed by atoms with Gasteiger partial charge in [-0.05, 0) is 0 Å². The van der Waals surface area contributed by atoms with Gasteiger partial charge >= 0.3 is 16.1 Å². The maximum Gasteiger partial charge on any atom is 0.368 e. The van der Waals surface area contributed by atoms with E-state index in [2.05, 4.69) is 0 Å². The maximum atomic E-state index is 10.5. The molecular weight excluding hydrogens is 336 g/mol. The standard InChI is InChI=1S/C6H11NO4.C5H11NO5S/c1-7(2,3)4(5(8)9)6(10)11;1-6(2,3)4(5(7)8)12(9,10)11/h4H,1-3H3,(H-,8,9,10,11);4H,1-3H3,(H-,7,8,9,10,11). The van der Waals surface area contributed by atoms with Crippen molar-refractivity contribution in [1.82, 2.24) is 0 Å². The fourth-order valence-corrected chi connectivity index (χ4v) is 2.63. The van der Waals surface area contributed by atoms with Gasteiger partial charge in [-0.15, -0.1) is 0 Å². The van der Waals surface area contributed by atoms with Gasteiger partial charge in [0.05, 0.1) is 42.3 Å². The third kappa shape index (κ3) is 8.44. The van der Waals surface area contributed by atoms with Crippen LogP contribution in [0.25, 0.3) is 0 Å². The molecule has 0 amide bonds. The molecule has 0 bridgehead atoms. The Balaban J connectivity index is 0. The van der Waals surface area contributed by atoms with E-state index in [1.165, 1.54) is 42.3 Å². The molecule has 12 heteroatoms. The smallest absolute Gasteiger partial charge is 0.368 e. The van der Waals surface area contributed by atoms with E-state index in [4.69, 9.17) is 9.66 Å². The van der Waals surface area contributed by atoms with Gasteiger partial charge in [0.2, 0.25) is 6.04 Å². The highest BCUT2D eigenvalue weighted by Crippen LogP contribution is 2.08. The lowest BCUT2D eigenvalue weighted by Crippen LogP contribution is -2.58. The summed E-state index contributed by atoms with van der Waals surface area (Å²) in [5, 5.41) is 27.1. The van der Waals surface area contributed by atoms with Crippen LogP contribution in [0.3, 0.4) is 0 Å². The summed E-state index contributed by atoms with van der Waals surface area (Å²) in [6.07, 6.45) is 0. The number of carboxylic acids is 3. The summed E-state index contributed by atoms with van der Waals surface area (Å²) in [7, 11) is 3.81. The van der Waals surface area contributed by atoms with Crippen molar-refractivity contribution in [3.05, 3.63) is 0 Å². The quantitative estimate of drug-likeness (QED) is 0.270. The zero-order valence-corrected chi connectivity index (χ0v) is 14.5. The molecular formula is C11H22N2O9S. The molecule has 0 aliphatic carbocycles. The van der Waals surface area contributed by atoms with Gasteiger partial charge in [-0.25, -0.2) is 4.79 Å². The molecule has 0 aliphatic heterocycles. The molecule has 0 spiro atoms. The Morgan fingerprint density at radius 2 is 1.22 bits per heavy atom. The van der Waals surface area contributed by atoms with E-state index in [1.54, 1.807) is 0 Å². The van der Waals surface area contributed by atoms with E-state index in [1.807, 2.05) is 0 Å². The van der Waals surface area contributed by atoms with Gasteiger partial charge in [0.25, 0.3) is 5.37 Å². The fourth-order valence-electron chi connectivity index (χ4n) is 1.59. The third-order valence-electron chi connectivity index (χ3n) is 2.42. The predicted molar refractivity (Wildman–Crippen MR) is 72.8 cm³/mol. The summed E-state index contributed by atoms with van der Waals surface area (Å²) in [6.45, 7) is 0. The van der Waals surface area contributed by atoms with Crippen molar-refractivity contribution < 1.29 is 51.6 Å². The average Bonchev–Trinajstić information content (AvgIpc) is 2.05. The third-order valence-corrected chi connectivity index (χ3v) is 3.81. The molecule has 0 radical (unpaired) electrons. The van der Waals surface area contributed by atoms with Crippen molar-refractivity contribution in [2.75, 3.05) is 42.3 Å². The second-order valence-corrected chi connectivity index (χ2v) is 7.96. The topological polar surface area (TPSA) is 172 Å². The van der Waals surface area contributed by atoms with Crippen LogP contribution >= 0.6 is 0 Å². The van der Waals surface area contributed by atoms with Gasteiger partial charge in [0, 0.05) is 0 Å². The molecule has 2 N–H and O–H groups in total. The molecule has 23 heavy (non-hydrogen) atoms. The van der Waals surface area contributed by atoms with Crippen LogP contribution in [-0.2, 0) is 24.5 Å². The van der Waals surface area contributed by atoms with Gasteiger partial charge in [-0.2, -0.15) is 8.42 Å². The lowest BCUT2D eigenvalue weighted by atomic mass is 10.2. The first kappa shape index (κ1) is 23.5. The summed E-state index contributed by atoms with van der Waals surface area (Å²) in [5.41, 5.74) is 0. The number of rotatable bonds is 6. The molecule has 0 aromatic carbocycles. The van der Waals surface area contributed by atoms with Crippen LogP contribution < -0.4 is 10.2 Å². The lowest BCUT2D eigenvalue weighted by molar-refractivity contribution is -0.880. The van der Waals surface area contributed by atoms with Crippen LogP contribution in [0, 0.1) is 0 Å². The molecule has 0 rings (SSSR count). The molecule has 136 valence electrons. The molecule has 2 atom stereocenters. The number of carbonyl (C=O) groups excluding carboxylic acids is 2. The summed E-state index contributed by atoms with van der Waals surface area (Å²) in [4.78, 5) is 31.0. The maximum absolute atomic E-state index is 10.5. The number of hydrogen-bond donors (Lipinski definition) is 2. The highest BCUT2D eigenvalue weighted by atomic mass is 32.2. The fraction of sp³-hybridized carbons (Fsp3) is 0.727. The van der Waals surface area contributed by atoms with Crippen molar-refractivity contribution in [1.29, 1.82) is 0 Å². The van der Waals surface area contributed by atoms with Crippen LogP contribution in [0.2, 0.25) is 0 Å². The van der Waals surface area contributed by atoms with Gasteiger partial charge in [-0.1, -0.05) is 0 Å². The predicted octanol–water partition coefficient (Wildman–Crippen LogP) is -4.45. The zero-order valence-electron chi connectivity index (χ0n) is 13.7. The number of nitrogens with zero attached hydrogens (tertiary/aromatic N) is 2. The second-order valence-electron chi connectivity index (χ2n) is 6.48. The van der Waals surface area contributed by atoms with Crippen LogP contribution in [0.4, 0.5) is 0 Å². The summed E-state index contributed by atoms with van der Waals surface area (Å²) < 4.78 is 29.0. The average molecular weight is 358 g/mol. The molecule has 11 nitrogen and oxygen atoms in total. The number of likely N-dealkylation sites (N-methyl/N-ethyl adjacent to an activating group) is 2. The van der Waals surface area contributed by atoms with E-state index >= 15 is 0 Å². The summed E-state index contributed by atoms with van der Waals surface area (Å²) in [5.74, 6) is -4.76. The Bertz CT molecular complexity index is 543. The van der Waals surface area contributed by atoms with Crippen molar-refractivity contribution in [3.8, 4) is 0 Å². The first-order valence-electron chi connectivity index (χ1n) is 6.06. The normalized spacial score (nSPS) is 14.9. The largest absolute Gasteiger partial charge is 0.543 e. The molecule has 0 heterocycles. The monoisotopic (exact) mass is 358 g/mol. The second kappa shape index (κ2) is 7.68. The number of carbonyl (C=O) groups is 3. The van der Waals surface area contributed by atoms with Crippen molar-refractivity contribution in [3.63, 3.8) is 0 Å². The van der Waals surface area contributed by atoms with Crippen LogP contribution in [0.1, 0.15) is 0 Å². The Kier molecular flexibility index (Phi) is 7.85. The molecule has 2 unspecified atom stereocenters. The van der Waals surface area contributed by atoms with Gasteiger partial charge in [0.15, 0.2) is 0 Å². The number of quaternary nitrogens is 2. The van der Waals surface area contributed by atoms with Crippen molar-refractivity contribution >= 4 is 28.0 Å².